The third kappa shape index (κ3) is 1.06. The molecule has 1 aromatic carbocycles. The standard InChI is InChI=1S/C7H5BrN2S/c8-6-5(11)2-1-4-7(6)10-3-9-4/h1-3,11H,(H,9,10). The largest absolute Gasteiger partial charge is 0.345 e. The van der Waals surface area contributed by atoms with Crippen LogP contribution < -0.4 is 0 Å². The van der Waals surface area contributed by atoms with E-state index in [-0.39, 0.29) is 0 Å². The average molecular weight is 229 g/mol. The summed E-state index contributed by atoms with van der Waals surface area (Å²) in [6.07, 6.45) is 1.67. The van der Waals surface area contributed by atoms with Crippen LogP contribution >= 0.6 is 28.6 Å². The molecular weight excluding hydrogens is 224 g/mol. The first-order valence-electron chi connectivity index (χ1n) is 3.09. The molecule has 2 aromatic rings. The maximum Gasteiger partial charge on any atom is 0.104 e. The molecule has 0 fully saturated rings. The topological polar surface area (TPSA) is 28.7 Å². The molecule has 0 amide bonds. The lowest BCUT2D eigenvalue weighted by atomic mass is 10.3. The molecule has 0 aliphatic carbocycles. The Kier molecular flexibility index (Phi) is 1.65. The van der Waals surface area contributed by atoms with E-state index in [1.54, 1.807) is 6.33 Å². The van der Waals surface area contributed by atoms with Gasteiger partial charge >= 0.3 is 0 Å². The predicted molar refractivity (Wildman–Crippen MR) is 51.0 cm³/mol. The minimum absolute atomic E-state index is 0.907. The number of benzene rings is 1. The number of nitrogens with one attached hydrogen (secondary N) is 1. The predicted octanol–water partition coefficient (Wildman–Crippen LogP) is 2.61. The molecule has 0 atom stereocenters. The molecule has 0 saturated carbocycles. The molecule has 0 saturated heterocycles. The summed E-state index contributed by atoms with van der Waals surface area (Å²) in [7, 11) is 0. The highest BCUT2D eigenvalue weighted by Crippen LogP contribution is 2.27. The first-order chi connectivity index (χ1) is 5.29. The van der Waals surface area contributed by atoms with E-state index in [9.17, 15) is 0 Å². The second-order valence-electron chi connectivity index (χ2n) is 2.20. The number of thiol groups is 1. The lowest BCUT2D eigenvalue weighted by Crippen LogP contribution is -1.73. The zero-order valence-corrected chi connectivity index (χ0v) is 7.98. The van der Waals surface area contributed by atoms with Crippen LogP contribution in [-0.4, -0.2) is 9.97 Å². The third-order valence-corrected chi connectivity index (χ3v) is 2.99. The van der Waals surface area contributed by atoms with Gasteiger partial charge in [0.2, 0.25) is 0 Å². The number of aromatic nitrogens is 2. The van der Waals surface area contributed by atoms with Crippen molar-refractivity contribution in [3.8, 4) is 0 Å². The van der Waals surface area contributed by atoms with Crippen LogP contribution in [0.25, 0.3) is 11.0 Å². The first-order valence-corrected chi connectivity index (χ1v) is 4.33. The fourth-order valence-corrected chi connectivity index (χ4v) is 1.59. The van der Waals surface area contributed by atoms with E-state index in [2.05, 4.69) is 38.5 Å². The highest BCUT2D eigenvalue weighted by atomic mass is 79.9. The van der Waals surface area contributed by atoms with Gasteiger partial charge in [0.15, 0.2) is 0 Å². The van der Waals surface area contributed by atoms with E-state index in [4.69, 9.17) is 0 Å². The fraction of sp³-hybridized carbons (Fsp3) is 0. The summed E-state index contributed by atoms with van der Waals surface area (Å²) >= 11 is 7.65. The highest BCUT2D eigenvalue weighted by molar-refractivity contribution is 9.10. The zero-order valence-electron chi connectivity index (χ0n) is 5.50. The number of aromatic amines is 1. The number of hydrogen-bond donors (Lipinski definition) is 2. The summed E-state index contributed by atoms with van der Waals surface area (Å²) in [5, 5.41) is 0. The minimum Gasteiger partial charge on any atom is -0.345 e. The summed E-state index contributed by atoms with van der Waals surface area (Å²) in [6, 6.07) is 3.88. The Hall–Kier alpha value is -0.480. The van der Waals surface area contributed by atoms with Crippen molar-refractivity contribution in [2.45, 2.75) is 4.90 Å². The molecule has 0 bridgehead atoms. The van der Waals surface area contributed by atoms with E-state index in [1.165, 1.54) is 0 Å². The number of rotatable bonds is 0. The molecule has 1 aromatic heterocycles. The Labute approximate surface area is 77.6 Å². The lowest BCUT2D eigenvalue weighted by molar-refractivity contribution is 1.34. The van der Waals surface area contributed by atoms with Crippen molar-refractivity contribution in [1.82, 2.24) is 9.97 Å². The van der Waals surface area contributed by atoms with Crippen molar-refractivity contribution in [1.29, 1.82) is 0 Å². The van der Waals surface area contributed by atoms with Crippen molar-refractivity contribution >= 4 is 39.6 Å². The maximum atomic E-state index is 4.25. The van der Waals surface area contributed by atoms with Gasteiger partial charge in [-0.3, -0.25) is 0 Å². The minimum atomic E-state index is 0.907. The molecule has 0 aliphatic rings. The third-order valence-electron chi connectivity index (χ3n) is 1.51. The summed E-state index contributed by atoms with van der Waals surface area (Å²) in [5.41, 5.74) is 1.95. The van der Waals surface area contributed by atoms with Gasteiger partial charge in [-0.15, -0.1) is 12.6 Å². The molecule has 1 heterocycles. The van der Waals surface area contributed by atoms with E-state index in [0.717, 1.165) is 20.4 Å². The molecule has 2 rings (SSSR count). The summed E-state index contributed by atoms with van der Waals surface area (Å²) in [4.78, 5) is 8.05. The second kappa shape index (κ2) is 2.53. The number of imidazole rings is 1. The van der Waals surface area contributed by atoms with Gasteiger partial charge in [0.05, 0.1) is 16.3 Å². The van der Waals surface area contributed by atoms with Crippen LogP contribution in [0.2, 0.25) is 0 Å². The van der Waals surface area contributed by atoms with E-state index < -0.39 is 0 Å². The smallest absolute Gasteiger partial charge is 0.104 e. The Bertz CT molecular complexity index is 396. The molecule has 2 nitrogen and oxygen atoms in total. The van der Waals surface area contributed by atoms with Gasteiger partial charge in [-0.25, -0.2) is 4.98 Å². The average Bonchev–Trinajstić information content (AvgIpc) is 2.45. The summed E-state index contributed by atoms with van der Waals surface area (Å²) in [6.45, 7) is 0. The van der Waals surface area contributed by atoms with Gasteiger partial charge in [0, 0.05) is 4.90 Å². The SMILES string of the molecule is Sc1ccc2[nH]cnc2c1Br. The van der Waals surface area contributed by atoms with Crippen LogP contribution in [0.1, 0.15) is 0 Å². The lowest BCUT2D eigenvalue weighted by Gasteiger charge is -1.95. The van der Waals surface area contributed by atoms with E-state index in [0.29, 0.717) is 0 Å². The molecule has 0 unspecified atom stereocenters. The Balaban J connectivity index is 2.93. The van der Waals surface area contributed by atoms with Crippen LogP contribution in [0.3, 0.4) is 0 Å². The van der Waals surface area contributed by atoms with Crippen molar-refractivity contribution in [3.05, 3.63) is 22.9 Å². The zero-order chi connectivity index (χ0) is 7.84. The van der Waals surface area contributed by atoms with Crippen LogP contribution in [0.5, 0.6) is 0 Å². The Morgan fingerprint density at radius 2 is 2.27 bits per heavy atom. The normalized spacial score (nSPS) is 10.7. The Morgan fingerprint density at radius 1 is 1.45 bits per heavy atom. The molecule has 4 heteroatoms. The monoisotopic (exact) mass is 228 g/mol. The number of nitrogens with zero attached hydrogens (tertiary/aromatic N) is 1. The van der Waals surface area contributed by atoms with Gasteiger partial charge in [-0.1, -0.05) is 0 Å². The molecule has 0 radical (unpaired) electrons. The molecule has 0 aliphatic heterocycles. The van der Waals surface area contributed by atoms with Crippen molar-refractivity contribution in [2.24, 2.45) is 0 Å². The van der Waals surface area contributed by atoms with Gasteiger partial charge in [0.1, 0.15) is 5.52 Å². The van der Waals surface area contributed by atoms with Crippen molar-refractivity contribution in [3.63, 3.8) is 0 Å². The molecule has 11 heavy (non-hydrogen) atoms. The van der Waals surface area contributed by atoms with Crippen LogP contribution in [-0.2, 0) is 0 Å². The van der Waals surface area contributed by atoms with E-state index >= 15 is 0 Å². The quantitative estimate of drug-likeness (QED) is 0.668. The van der Waals surface area contributed by atoms with Gasteiger partial charge in [0.25, 0.3) is 0 Å². The van der Waals surface area contributed by atoms with Gasteiger partial charge < -0.3 is 4.98 Å². The van der Waals surface area contributed by atoms with E-state index in [1.807, 2.05) is 12.1 Å². The number of H-pyrrole nitrogens is 1. The Morgan fingerprint density at radius 3 is 3.09 bits per heavy atom. The fourth-order valence-electron chi connectivity index (χ4n) is 0.963. The van der Waals surface area contributed by atoms with Gasteiger partial charge in [-0.05, 0) is 28.1 Å². The van der Waals surface area contributed by atoms with Gasteiger partial charge in [-0.2, -0.15) is 0 Å². The molecular formula is C7H5BrN2S. The van der Waals surface area contributed by atoms with Crippen LogP contribution in [0.15, 0.2) is 27.8 Å². The first kappa shape index (κ1) is 7.18. The highest BCUT2D eigenvalue weighted by Gasteiger charge is 2.02. The number of fused-ring (bicyclic) bond motifs is 1. The summed E-state index contributed by atoms with van der Waals surface area (Å²) < 4.78 is 0.944. The van der Waals surface area contributed by atoms with Crippen molar-refractivity contribution < 1.29 is 0 Å². The molecule has 56 valence electrons. The number of hydrogen-bond acceptors (Lipinski definition) is 2. The maximum absolute atomic E-state index is 4.25. The molecule has 0 spiro atoms. The molecule has 1 N–H and O–H groups in total. The number of halogens is 1. The summed E-state index contributed by atoms with van der Waals surface area (Å²) in [5.74, 6) is 0. The van der Waals surface area contributed by atoms with Crippen LogP contribution in [0, 0.1) is 0 Å². The van der Waals surface area contributed by atoms with Crippen LogP contribution in [0.4, 0.5) is 0 Å². The van der Waals surface area contributed by atoms with Crippen molar-refractivity contribution in [2.75, 3.05) is 0 Å². The second-order valence-corrected chi connectivity index (χ2v) is 3.47.